The fourth-order valence-electron chi connectivity index (χ4n) is 4.43. The number of carbonyl (C=O) groups excluding carboxylic acids is 2. The molecule has 2 amide bonds. The van der Waals surface area contributed by atoms with E-state index >= 15 is 0 Å². The van der Waals surface area contributed by atoms with Gasteiger partial charge in [-0.05, 0) is 85.6 Å². The van der Waals surface area contributed by atoms with Crippen LogP contribution in [-0.2, 0) is 0 Å². The molecule has 5 rings (SSSR count). The van der Waals surface area contributed by atoms with Crippen molar-refractivity contribution in [3.63, 3.8) is 0 Å². The fourth-order valence-corrected chi connectivity index (χ4v) is 4.65. The number of hydrogen-bond donors (Lipinski definition) is 4. The lowest BCUT2D eigenvalue weighted by atomic mass is 10.1. The number of benzene rings is 3. The SMILES string of the molecule is CN(C(=O)c1ccn[nH]1)c1ccc(Nc2ccc(NC(=O)c3ccc(N4CCC(O)CC4)cc3)cc2)c(Cl)c1. The highest BCUT2D eigenvalue weighted by Gasteiger charge is 2.18. The predicted molar refractivity (Wildman–Crippen MR) is 154 cm³/mol. The van der Waals surface area contributed by atoms with Crippen LogP contribution in [0.4, 0.5) is 28.4 Å². The minimum atomic E-state index is -0.222. The first-order valence-corrected chi connectivity index (χ1v) is 13.0. The largest absolute Gasteiger partial charge is 0.393 e. The van der Waals surface area contributed by atoms with Crippen LogP contribution in [0.15, 0.2) is 79.0 Å². The Morgan fingerprint density at radius 1 is 1.00 bits per heavy atom. The number of aromatic nitrogens is 2. The van der Waals surface area contributed by atoms with Crippen molar-refractivity contribution in [3.8, 4) is 0 Å². The number of rotatable bonds is 7. The number of H-pyrrole nitrogens is 1. The third kappa shape index (κ3) is 6.22. The highest BCUT2D eigenvalue weighted by atomic mass is 35.5. The number of piperidine rings is 1. The number of halogens is 1. The highest BCUT2D eigenvalue weighted by molar-refractivity contribution is 6.33. The lowest BCUT2D eigenvalue weighted by Gasteiger charge is -2.31. The van der Waals surface area contributed by atoms with Gasteiger partial charge in [-0.15, -0.1) is 0 Å². The molecule has 0 spiro atoms. The van der Waals surface area contributed by atoms with Crippen molar-refractivity contribution in [1.82, 2.24) is 10.2 Å². The number of aliphatic hydroxyl groups excluding tert-OH is 1. The van der Waals surface area contributed by atoms with Gasteiger partial charge in [-0.2, -0.15) is 5.10 Å². The monoisotopic (exact) mass is 544 g/mol. The Bertz CT molecular complexity index is 1430. The lowest BCUT2D eigenvalue weighted by Crippen LogP contribution is -2.35. The molecule has 1 aromatic heterocycles. The summed E-state index contributed by atoms with van der Waals surface area (Å²) in [6.07, 6.45) is 2.83. The Balaban J connectivity index is 1.17. The van der Waals surface area contributed by atoms with Gasteiger partial charge in [-0.25, -0.2) is 0 Å². The van der Waals surface area contributed by atoms with Crippen molar-refractivity contribution < 1.29 is 14.7 Å². The van der Waals surface area contributed by atoms with Gasteiger partial charge in [0.1, 0.15) is 5.69 Å². The zero-order chi connectivity index (χ0) is 27.4. The van der Waals surface area contributed by atoms with Gasteiger partial charge in [-0.3, -0.25) is 14.7 Å². The molecule has 9 nitrogen and oxygen atoms in total. The van der Waals surface area contributed by atoms with E-state index in [4.69, 9.17) is 11.6 Å². The Morgan fingerprint density at radius 3 is 2.33 bits per heavy atom. The van der Waals surface area contributed by atoms with E-state index in [1.165, 1.54) is 11.1 Å². The van der Waals surface area contributed by atoms with Crippen LogP contribution in [0.1, 0.15) is 33.7 Å². The molecule has 0 saturated carbocycles. The van der Waals surface area contributed by atoms with E-state index in [2.05, 4.69) is 25.7 Å². The fraction of sp³-hybridized carbons (Fsp3) is 0.207. The number of nitrogens with zero attached hydrogens (tertiary/aromatic N) is 3. The summed E-state index contributed by atoms with van der Waals surface area (Å²) in [6, 6.07) is 21.8. The van der Waals surface area contributed by atoms with E-state index < -0.39 is 0 Å². The van der Waals surface area contributed by atoms with E-state index in [-0.39, 0.29) is 17.9 Å². The molecule has 39 heavy (non-hydrogen) atoms. The van der Waals surface area contributed by atoms with E-state index in [9.17, 15) is 14.7 Å². The van der Waals surface area contributed by atoms with Crippen LogP contribution < -0.4 is 20.4 Å². The maximum atomic E-state index is 12.8. The molecule has 3 aromatic carbocycles. The highest BCUT2D eigenvalue weighted by Crippen LogP contribution is 2.30. The normalized spacial score (nSPS) is 13.7. The summed E-state index contributed by atoms with van der Waals surface area (Å²) in [5.74, 6) is -0.413. The van der Waals surface area contributed by atoms with Gasteiger partial charge in [0.2, 0.25) is 0 Å². The molecule has 0 radical (unpaired) electrons. The standard InChI is InChI=1S/C29H29ClN6O3/c1-35(29(39)27-12-15-31-34-27)23-10-11-26(25(30)18-23)32-20-4-6-21(7-5-20)33-28(38)19-2-8-22(9-3-19)36-16-13-24(37)14-17-36/h2-12,15,18,24,32,37H,13-14,16-17H2,1H3,(H,31,34)(H,33,38). The first-order chi connectivity index (χ1) is 18.9. The second-order valence-corrected chi connectivity index (χ2v) is 9.83. The van der Waals surface area contributed by atoms with Crippen LogP contribution in [0.25, 0.3) is 0 Å². The number of carbonyl (C=O) groups is 2. The van der Waals surface area contributed by atoms with Crippen LogP contribution in [0, 0.1) is 0 Å². The summed E-state index contributed by atoms with van der Waals surface area (Å²) in [5, 5.41) is 22.8. The number of nitrogens with one attached hydrogen (secondary N) is 3. The molecule has 4 aromatic rings. The van der Waals surface area contributed by atoms with Crippen LogP contribution >= 0.6 is 11.6 Å². The number of aromatic amines is 1. The molecule has 1 saturated heterocycles. The zero-order valence-corrected chi connectivity index (χ0v) is 22.2. The molecule has 0 unspecified atom stereocenters. The summed E-state index contributed by atoms with van der Waals surface area (Å²) >= 11 is 6.50. The molecule has 1 aliphatic heterocycles. The van der Waals surface area contributed by atoms with Crippen LogP contribution in [0.3, 0.4) is 0 Å². The molecule has 4 N–H and O–H groups in total. The van der Waals surface area contributed by atoms with E-state index in [0.29, 0.717) is 33.3 Å². The van der Waals surface area contributed by atoms with Gasteiger partial charge in [0, 0.05) is 54.6 Å². The molecule has 1 fully saturated rings. The number of amides is 2. The van der Waals surface area contributed by atoms with Crippen LogP contribution in [-0.4, -0.2) is 53.4 Å². The molecule has 1 aliphatic rings. The van der Waals surface area contributed by atoms with Gasteiger partial charge >= 0.3 is 0 Å². The quantitative estimate of drug-likeness (QED) is 0.251. The van der Waals surface area contributed by atoms with Gasteiger partial charge in [0.05, 0.1) is 16.8 Å². The average molecular weight is 545 g/mol. The summed E-state index contributed by atoms with van der Waals surface area (Å²) in [4.78, 5) is 29.0. The van der Waals surface area contributed by atoms with Gasteiger partial charge in [0.25, 0.3) is 11.8 Å². The Labute approximate surface area is 231 Å². The lowest BCUT2D eigenvalue weighted by molar-refractivity contribution is 0.0986. The van der Waals surface area contributed by atoms with E-state index in [0.717, 1.165) is 37.3 Å². The van der Waals surface area contributed by atoms with Crippen molar-refractivity contribution in [2.24, 2.45) is 0 Å². The number of anilines is 5. The van der Waals surface area contributed by atoms with Crippen LogP contribution in [0.2, 0.25) is 5.02 Å². The third-order valence-corrected chi connectivity index (χ3v) is 7.07. The van der Waals surface area contributed by atoms with Crippen molar-refractivity contribution in [1.29, 1.82) is 0 Å². The summed E-state index contributed by atoms with van der Waals surface area (Å²) < 4.78 is 0. The minimum absolute atomic E-state index is 0.191. The van der Waals surface area contributed by atoms with E-state index in [1.54, 1.807) is 31.3 Å². The Morgan fingerprint density at radius 2 is 1.69 bits per heavy atom. The minimum Gasteiger partial charge on any atom is -0.393 e. The maximum absolute atomic E-state index is 12.8. The molecular weight excluding hydrogens is 516 g/mol. The first kappa shape index (κ1) is 26.3. The van der Waals surface area contributed by atoms with E-state index in [1.807, 2.05) is 48.5 Å². The smallest absolute Gasteiger partial charge is 0.276 e. The molecule has 0 atom stereocenters. The van der Waals surface area contributed by atoms with Crippen molar-refractivity contribution in [2.45, 2.75) is 18.9 Å². The predicted octanol–water partition coefficient (Wildman–Crippen LogP) is 5.30. The second kappa shape index (κ2) is 11.6. The number of aliphatic hydroxyl groups is 1. The summed E-state index contributed by atoms with van der Waals surface area (Å²) in [5.41, 5.74) is 4.80. The van der Waals surface area contributed by atoms with Crippen molar-refractivity contribution in [2.75, 3.05) is 40.6 Å². The Hall–Kier alpha value is -4.34. The van der Waals surface area contributed by atoms with Crippen molar-refractivity contribution in [3.05, 3.63) is 95.3 Å². The first-order valence-electron chi connectivity index (χ1n) is 12.7. The average Bonchev–Trinajstić information content (AvgIpc) is 3.50. The summed E-state index contributed by atoms with van der Waals surface area (Å²) in [6.45, 7) is 1.62. The molecule has 0 aliphatic carbocycles. The molecular formula is C29H29ClN6O3. The van der Waals surface area contributed by atoms with Crippen molar-refractivity contribution >= 4 is 51.9 Å². The molecule has 200 valence electrons. The molecule has 2 heterocycles. The topological polar surface area (TPSA) is 114 Å². The molecule has 0 bridgehead atoms. The Kier molecular flexibility index (Phi) is 7.81. The second-order valence-electron chi connectivity index (χ2n) is 9.42. The molecule has 10 heteroatoms. The van der Waals surface area contributed by atoms with Gasteiger partial charge < -0.3 is 25.5 Å². The number of hydrogen-bond acceptors (Lipinski definition) is 6. The zero-order valence-electron chi connectivity index (χ0n) is 21.4. The van der Waals surface area contributed by atoms with Gasteiger partial charge in [0.15, 0.2) is 0 Å². The van der Waals surface area contributed by atoms with Crippen LogP contribution in [0.5, 0.6) is 0 Å². The summed E-state index contributed by atoms with van der Waals surface area (Å²) in [7, 11) is 1.67. The third-order valence-electron chi connectivity index (χ3n) is 6.76. The maximum Gasteiger partial charge on any atom is 0.276 e. The van der Waals surface area contributed by atoms with Gasteiger partial charge in [-0.1, -0.05) is 11.6 Å².